The molecule has 0 atom stereocenters. The number of hydrogen-bond acceptors (Lipinski definition) is 2. The van der Waals surface area contributed by atoms with E-state index in [0.29, 0.717) is 0 Å². The smallest absolute Gasteiger partial charge is 0.0851 e. The summed E-state index contributed by atoms with van der Waals surface area (Å²) in [5, 5.41) is 20.0. The molecule has 1 aromatic carbocycles. The molecule has 0 radical (unpaired) electrons. The van der Waals surface area contributed by atoms with Crippen molar-refractivity contribution < 1.29 is 10.2 Å². The Hall–Kier alpha value is 0.1000. The Morgan fingerprint density at radius 1 is 0.812 bits per heavy atom. The summed E-state index contributed by atoms with van der Waals surface area (Å²) in [5.74, 6) is 0. The summed E-state index contributed by atoms with van der Waals surface area (Å²) in [6.07, 6.45) is 0. The number of rotatable bonds is 2. The lowest BCUT2D eigenvalue weighted by atomic mass is 9.91. The monoisotopic (exact) mass is 350 g/mol. The van der Waals surface area contributed by atoms with Crippen molar-refractivity contribution in [3.63, 3.8) is 0 Å². The molecule has 2 N–H and O–H groups in total. The molecule has 0 amide bonds. The minimum atomic E-state index is -0.945. The molecule has 0 aromatic heterocycles. The van der Waals surface area contributed by atoms with Gasteiger partial charge in [-0.25, -0.2) is 0 Å². The Morgan fingerprint density at radius 3 is 1.38 bits per heavy atom. The van der Waals surface area contributed by atoms with Crippen LogP contribution in [-0.2, 0) is 11.2 Å². The van der Waals surface area contributed by atoms with Crippen molar-refractivity contribution in [1.82, 2.24) is 0 Å². The van der Waals surface area contributed by atoms with E-state index in [4.69, 9.17) is 0 Å². The lowest BCUT2D eigenvalue weighted by Crippen LogP contribution is -2.21. The van der Waals surface area contributed by atoms with Crippen molar-refractivity contribution in [1.29, 1.82) is 0 Å². The van der Waals surface area contributed by atoms with Gasteiger partial charge in [-0.15, -0.1) is 0 Å². The SMILES string of the molecule is CC(C)(O)c1cc(C(C)(C)O)c(Br)cc1Br. The molecule has 0 spiro atoms. The standard InChI is InChI=1S/C12H16Br2O2/c1-11(2,15)7-5-8(12(3,4)16)10(14)6-9(7)13/h5-6,15-16H,1-4H3. The fourth-order valence-electron chi connectivity index (χ4n) is 1.49. The Bertz CT molecular complexity index is 365. The van der Waals surface area contributed by atoms with Crippen LogP contribution < -0.4 is 0 Å². The second kappa shape index (κ2) is 4.41. The van der Waals surface area contributed by atoms with E-state index < -0.39 is 11.2 Å². The van der Waals surface area contributed by atoms with Crippen LogP contribution in [0.3, 0.4) is 0 Å². The maximum atomic E-state index is 10.0. The van der Waals surface area contributed by atoms with Crippen molar-refractivity contribution in [2.24, 2.45) is 0 Å². The molecular weight excluding hydrogens is 336 g/mol. The van der Waals surface area contributed by atoms with Crippen molar-refractivity contribution in [2.45, 2.75) is 38.9 Å². The Balaban J connectivity index is 3.45. The molecule has 0 saturated carbocycles. The van der Waals surface area contributed by atoms with Gasteiger partial charge in [0.05, 0.1) is 11.2 Å². The third-order valence-electron chi connectivity index (χ3n) is 2.37. The highest BCUT2D eigenvalue weighted by atomic mass is 79.9. The third kappa shape index (κ3) is 3.06. The van der Waals surface area contributed by atoms with E-state index in [9.17, 15) is 10.2 Å². The van der Waals surface area contributed by atoms with E-state index in [1.54, 1.807) is 27.7 Å². The second-order valence-corrected chi connectivity index (χ2v) is 6.64. The molecule has 0 aliphatic carbocycles. The molecule has 4 heteroatoms. The van der Waals surface area contributed by atoms with Crippen LogP contribution in [0.25, 0.3) is 0 Å². The van der Waals surface area contributed by atoms with Gasteiger partial charge in [0.1, 0.15) is 0 Å². The van der Waals surface area contributed by atoms with Crippen LogP contribution in [0, 0.1) is 0 Å². The average Bonchev–Trinajstić information content (AvgIpc) is 1.97. The van der Waals surface area contributed by atoms with Gasteiger partial charge in [-0.05, 0) is 51.0 Å². The molecule has 0 aliphatic rings. The highest BCUT2D eigenvalue weighted by Gasteiger charge is 2.26. The third-order valence-corrected chi connectivity index (χ3v) is 3.69. The van der Waals surface area contributed by atoms with E-state index in [1.165, 1.54) is 0 Å². The average molecular weight is 352 g/mol. The maximum Gasteiger partial charge on any atom is 0.0851 e. The zero-order chi connectivity index (χ0) is 12.7. The Labute approximate surface area is 113 Å². The lowest BCUT2D eigenvalue weighted by Gasteiger charge is -2.25. The summed E-state index contributed by atoms with van der Waals surface area (Å²) in [6.45, 7) is 6.87. The topological polar surface area (TPSA) is 40.5 Å². The van der Waals surface area contributed by atoms with Gasteiger partial charge in [-0.2, -0.15) is 0 Å². The van der Waals surface area contributed by atoms with Crippen LogP contribution in [0.15, 0.2) is 21.1 Å². The first-order valence-electron chi connectivity index (χ1n) is 4.98. The van der Waals surface area contributed by atoms with Crippen LogP contribution in [0.5, 0.6) is 0 Å². The maximum absolute atomic E-state index is 10.0. The minimum Gasteiger partial charge on any atom is -0.386 e. The summed E-state index contributed by atoms with van der Waals surface area (Å²) in [4.78, 5) is 0. The van der Waals surface area contributed by atoms with Crippen LogP contribution in [0.2, 0.25) is 0 Å². The highest BCUT2D eigenvalue weighted by Crippen LogP contribution is 2.36. The van der Waals surface area contributed by atoms with Crippen molar-refractivity contribution >= 4 is 31.9 Å². The van der Waals surface area contributed by atoms with Crippen LogP contribution in [-0.4, -0.2) is 10.2 Å². The van der Waals surface area contributed by atoms with Gasteiger partial charge < -0.3 is 10.2 Å². The van der Waals surface area contributed by atoms with Gasteiger partial charge in [0, 0.05) is 8.95 Å². The molecule has 0 heterocycles. The molecule has 0 saturated heterocycles. The molecule has 0 aliphatic heterocycles. The zero-order valence-corrected chi connectivity index (χ0v) is 13.0. The lowest BCUT2D eigenvalue weighted by molar-refractivity contribution is 0.0708. The first-order valence-corrected chi connectivity index (χ1v) is 6.57. The molecule has 1 aromatic rings. The summed E-state index contributed by atoms with van der Waals surface area (Å²) in [5.41, 5.74) is -0.375. The van der Waals surface area contributed by atoms with Crippen LogP contribution >= 0.6 is 31.9 Å². The zero-order valence-electron chi connectivity index (χ0n) is 9.81. The van der Waals surface area contributed by atoms with Crippen molar-refractivity contribution in [3.8, 4) is 0 Å². The van der Waals surface area contributed by atoms with Gasteiger partial charge in [0.25, 0.3) is 0 Å². The van der Waals surface area contributed by atoms with E-state index in [1.807, 2.05) is 12.1 Å². The molecule has 0 bridgehead atoms. The summed E-state index contributed by atoms with van der Waals surface area (Å²) < 4.78 is 1.64. The molecule has 0 unspecified atom stereocenters. The van der Waals surface area contributed by atoms with Gasteiger partial charge in [-0.3, -0.25) is 0 Å². The molecule has 0 fully saturated rings. The molecule has 2 nitrogen and oxygen atoms in total. The fourth-order valence-corrected chi connectivity index (χ4v) is 3.45. The predicted molar refractivity (Wildman–Crippen MR) is 72.3 cm³/mol. The molecule has 90 valence electrons. The van der Waals surface area contributed by atoms with Crippen molar-refractivity contribution in [2.75, 3.05) is 0 Å². The largest absolute Gasteiger partial charge is 0.386 e. The first kappa shape index (κ1) is 14.2. The van der Waals surface area contributed by atoms with Crippen LogP contribution in [0.4, 0.5) is 0 Å². The molecular formula is C12H16Br2O2. The van der Waals surface area contributed by atoms with Gasteiger partial charge in [0.2, 0.25) is 0 Å². The Morgan fingerprint density at radius 2 is 1.12 bits per heavy atom. The van der Waals surface area contributed by atoms with E-state index in [-0.39, 0.29) is 0 Å². The Kier molecular flexibility index (Phi) is 3.90. The molecule has 16 heavy (non-hydrogen) atoms. The first-order chi connectivity index (χ1) is 7.03. The minimum absolute atomic E-state index is 0.757. The van der Waals surface area contributed by atoms with Gasteiger partial charge >= 0.3 is 0 Å². The van der Waals surface area contributed by atoms with Crippen LogP contribution in [0.1, 0.15) is 38.8 Å². The summed E-state index contributed by atoms with van der Waals surface area (Å²) >= 11 is 6.82. The predicted octanol–water partition coefficient (Wildman–Crippen LogP) is 3.67. The number of aliphatic hydroxyl groups is 2. The number of benzene rings is 1. The summed E-state index contributed by atoms with van der Waals surface area (Å²) in [7, 11) is 0. The number of halogens is 2. The van der Waals surface area contributed by atoms with E-state index in [2.05, 4.69) is 31.9 Å². The highest BCUT2D eigenvalue weighted by molar-refractivity contribution is 9.11. The molecule has 1 rings (SSSR count). The van der Waals surface area contributed by atoms with Gasteiger partial charge in [-0.1, -0.05) is 31.9 Å². The quantitative estimate of drug-likeness (QED) is 0.853. The summed E-state index contributed by atoms with van der Waals surface area (Å²) in [6, 6.07) is 3.66. The fraction of sp³-hybridized carbons (Fsp3) is 0.500. The van der Waals surface area contributed by atoms with E-state index in [0.717, 1.165) is 20.1 Å². The van der Waals surface area contributed by atoms with Crippen molar-refractivity contribution in [3.05, 3.63) is 32.2 Å². The number of hydrogen-bond donors (Lipinski definition) is 2. The van der Waals surface area contributed by atoms with E-state index >= 15 is 0 Å². The second-order valence-electron chi connectivity index (χ2n) is 4.93. The van der Waals surface area contributed by atoms with Gasteiger partial charge in [0.15, 0.2) is 0 Å². The normalized spacial score (nSPS) is 13.0.